The normalized spacial score (nSPS) is 17.8. The summed E-state index contributed by atoms with van der Waals surface area (Å²) in [5, 5.41) is 0. The monoisotopic (exact) mass is 247 g/mol. The maximum absolute atomic E-state index is 4.60. The van der Waals surface area contributed by atoms with Crippen molar-refractivity contribution in [3.63, 3.8) is 0 Å². The van der Waals surface area contributed by atoms with Crippen LogP contribution in [0.4, 0.5) is 5.82 Å². The number of rotatable bonds is 3. The van der Waals surface area contributed by atoms with Crippen molar-refractivity contribution in [2.45, 2.75) is 39.7 Å². The van der Waals surface area contributed by atoms with Gasteiger partial charge in [-0.25, -0.2) is 4.98 Å². The van der Waals surface area contributed by atoms with Crippen molar-refractivity contribution in [2.75, 3.05) is 31.1 Å². The number of piperazine rings is 1. The third-order valence-electron chi connectivity index (χ3n) is 3.81. The van der Waals surface area contributed by atoms with E-state index in [4.69, 9.17) is 0 Å². The Morgan fingerprint density at radius 2 is 1.67 bits per heavy atom. The van der Waals surface area contributed by atoms with Crippen molar-refractivity contribution in [2.24, 2.45) is 0 Å². The zero-order valence-electron chi connectivity index (χ0n) is 12.1. The standard InChI is InChI=1S/C15H25N3/c1-12(2)14-5-6-15(16-11-14)18-9-7-17(8-10-18)13(3)4/h5-6,11-13H,7-10H2,1-4H3. The number of aromatic nitrogens is 1. The molecule has 0 saturated carbocycles. The van der Waals surface area contributed by atoms with Gasteiger partial charge in [0.15, 0.2) is 0 Å². The summed E-state index contributed by atoms with van der Waals surface area (Å²) < 4.78 is 0. The van der Waals surface area contributed by atoms with E-state index in [1.807, 2.05) is 6.20 Å². The second-order valence-corrected chi connectivity index (χ2v) is 5.72. The SMILES string of the molecule is CC(C)c1ccc(N2CCN(C(C)C)CC2)nc1. The van der Waals surface area contributed by atoms with Crippen LogP contribution in [0.3, 0.4) is 0 Å². The van der Waals surface area contributed by atoms with Crippen LogP contribution in [0.5, 0.6) is 0 Å². The van der Waals surface area contributed by atoms with Crippen molar-refractivity contribution >= 4 is 5.82 Å². The minimum Gasteiger partial charge on any atom is -0.354 e. The van der Waals surface area contributed by atoms with Crippen LogP contribution in [0.2, 0.25) is 0 Å². The van der Waals surface area contributed by atoms with Crippen LogP contribution in [0.25, 0.3) is 0 Å². The Morgan fingerprint density at radius 3 is 2.11 bits per heavy atom. The van der Waals surface area contributed by atoms with Gasteiger partial charge in [0.05, 0.1) is 0 Å². The molecule has 3 heteroatoms. The van der Waals surface area contributed by atoms with Gasteiger partial charge in [0.1, 0.15) is 5.82 Å². The fourth-order valence-electron chi connectivity index (χ4n) is 2.39. The first-order valence-electron chi connectivity index (χ1n) is 7.03. The highest BCUT2D eigenvalue weighted by Gasteiger charge is 2.19. The first-order valence-corrected chi connectivity index (χ1v) is 7.03. The number of nitrogens with zero attached hydrogens (tertiary/aromatic N) is 3. The molecular weight excluding hydrogens is 222 g/mol. The second-order valence-electron chi connectivity index (χ2n) is 5.72. The van der Waals surface area contributed by atoms with Gasteiger partial charge < -0.3 is 4.90 Å². The van der Waals surface area contributed by atoms with Crippen LogP contribution in [-0.2, 0) is 0 Å². The van der Waals surface area contributed by atoms with Crippen LogP contribution < -0.4 is 4.90 Å². The summed E-state index contributed by atoms with van der Waals surface area (Å²) in [6, 6.07) is 5.03. The maximum Gasteiger partial charge on any atom is 0.128 e. The van der Waals surface area contributed by atoms with Crippen molar-refractivity contribution in [3.05, 3.63) is 23.9 Å². The lowest BCUT2D eigenvalue weighted by molar-refractivity contribution is 0.209. The van der Waals surface area contributed by atoms with Gasteiger partial charge in [0.25, 0.3) is 0 Å². The maximum atomic E-state index is 4.60. The fourth-order valence-corrected chi connectivity index (χ4v) is 2.39. The molecule has 0 atom stereocenters. The van der Waals surface area contributed by atoms with Gasteiger partial charge in [-0.1, -0.05) is 19.9 Å². The molecule has 0 bridgehead atoms. The molecule has 0 amide bonds. The molecule has 3 nitrogen and oxygen atoms in total. The van der Waals surface area contributed by atoms with E-state index in [-0.39, 0.29) is 0 Å². The highest BCUT2D eigenvalue weighted by atomic mass is 15.3. The number of hydrogen-bond acceptors (Lipinski definition) is 3. The molecule has 0 radical (unpaired) electrons. The number of pyridine rings is 1. The molecule has 1 saturated heterocycles. The summed E-state index contributed by atoms with van der Waals surface area (Å²) in [5.41, 5.74) is 1.32. The third-order valence-corrected chi connectivity index (χ3v) is 3.81. The molecule has 0 aromatic carbocycles. The number of anilines is 1. The highest BCUT2D eigenvalue weighted by Crippen LogP contribution is 2.18. The van der Waals surface area contributed by atoms with Crippen molar-refractivity contribution < 1.29 is 0 Å². The van der Waals surface area contributed by atoms with Gasteiger partial charge >= 0.3 is 0 Å². The van der Waals surface area contributed by atoms with E-state index < -0.39 is 0 Å². The summed E-state index contributed by atoms with van der Waals surface area (Å²) in [6.07, 6.45) is 2.02. The second kappa shape index (κ2) is 5.70. The predicted molar refractivity (Wildman–Crippen MR) is 77.2 cm³/mol. The lowest BCUT2D eigenvalue weighted by Gasteiger charge is -2.37. The summed E-state index contributed by atoms with van der Waals surface area (Å²) in [6.45, 7) is 13.4. The zero-order chi connectivity index (χ0) is 13.1. The van der Waals surface area contributed by atoms with Gasteiger partial charge in [-0.05, 0) is 31.4 Å². The van der Waals surface area contributed by atoms with Crippen LogP contribution >= 0.6 is 0 Å². The first-order chi connectivity index (χ1) is 8.58. The summed E-state index contributed by atoms with van der Waals surface area (Å²) >= 11 is 0. The third kappa shape index (κ3) is 3.02. The molecule has 1 fully saturated rings. The van der Waals surface area contributed by atoms with Gasteiger partial charge in [-0.15, -0.1) is 0 Å². The molecule has 18 heavy (non-hydrogen) atoms. The van der Waals surface area contributed by atoms with E-state index in [2.05, 4.69) is 54.6 Å². The van der Waals surface area contributed by atoms with Crippen molar-refractivity contribution in [1.82, 2.24) is 9.88 Å². The molecule has 100 valence electrons. The molecule has 1 aromatic rings. The molecule has 1 aliphatic heterocycles. The quantitative estimate of drug-likeness (QED) is 0.818. The lowest BCUT2D eigenvalue weighted by atomic mass is 10.1. The molecule has 2 heterocycles. The van der Waals surface area contributed by atoms with E-state index in [0.717, 1.165) is 32.0 Å². The van der Waals surface area contributed by atoms with Crippen LogP contribution in [-0.4, -0.2) is 42.1 Å². The minimum atomic E-state index is 0.560. The Balaban J connectivity index is 1.97. The van der Waals surface area contributed by atoms with E-state index in [1.165, 1.54) is 5.56 Å². The lowest BCUT2D eigenvalue weighted by Crippen LogP contribution is -2.49. The van der Waals surface area contributed by atoms with Gasteiger partial charge in [0.2, 0.25) is 0 Å². The van der Waals surface area contributed by atoms with Gasteiger partial charge in [0, 0.05) is 38.4 Å². The Labute approximate surface area is 111 Å². The Morgan fingerprint density at radius 1 is 1.00 bits per heavy atom. The zero-order valence-corrected chi connectivity index (χ0v) is 12.1. The van der Waals surface area contributed by atoms with E-state index in [1.54, 1.807) is 0 Å². The fraction of sp³-hybridized carbons (Fsp3) is 0.667. The van der Waals surface area contributed by atoms with Gasteiger partial charge in [-0.3, -0.25) is 4.90 Å². The molecule has 0 N–H and O–H groups in total. The van der Waals surface area contributed by atoms with Gasteiger partial charge in [-0.2, -0.15) is 0 Å². The van der Waals surface area contributed by atoms with Crippen molar-refractivity contribution in [1.29, 1.82) is 0 Å². The molecule has 1 aromatic heterocycles. The average molecular weight is 247 g/mol. The molecule has 0 aliphatic carbocycles. The van der Waals surface area contributed by atoms with E-state index in [0.29, 0.717) is 12.0 Å². The molecular formula is C15H25N3. The molecule has 1 aliphatic rings. The summed E-state index contributed by atoms with van der Waals surface area (Å²) in [7, 11) is 0. The largest absolute Gasteiger partial charge is 0.354 e. The number of hydrogen-bond donors (Lipinski definition) is 0. The van der Waals surface area contributed by atoms with Crippen LogP contribution in [0.15, 0.2) is 18.3 Å². The average Bonchev–Trinajstić information content (AvgIpc) is 2.39. The summed E-state index contributed by atoms with van der Waals surface area (Å²) in [4.78, 5) is 9.52. The molecule has 0 spiro atoms. The van der Waals surface area contributed by atoms with E-state index >= 15 is 0 Å². The molecule has 2 rings (SSSR count). The van der Waals surface area contributed by atoms with Crippen molar-refractivity contribution in [3.8, 4) is 0 Å². The predicted octanol–water partition coefficient (Wildman–Crippen LogP) is 2.74. The van der Waals surface area contributed by atoms with E-state index in [9.17, 15) is 0 Å². The smallest absolute Gasteiger partial charge is 0.128 e. The Hall–Kier alpha value is -1.09. The summed E-state index contributed by atoms with van der Waals surface area (Å²) in [5.74, 6) is 1.69. The molecule has 0 unspecified atom stereocenters. The Kier molecular flexibility index (Phi) is 4.23. The Bertz CT molecular complexity index is 362. The van der Waals surface area contributed by atoms with Crippen LogP contribution in [0.1, 0.15) is 39.2 Å². The van der Waals surface area contributed by atoms with Crippen LogP contribution in [0, 0.1) is 0 Å². The minimum absolute atomic E-state index is 0.560. The first kappa shape index (κ1) is 13.3. The topological polar surface area (TPSA) is 19.4 Å². The highest BCUT2D eigenvalue weighted by molar-refractivity contribution is 5.40.